The molecule has 4 nitrogen and oxygen atoms in total. The molecule has 1 aromatic rings. The molecule has 1 aromatic carbocycles. The molecule has 0 fully saturated rings. The van der Waals surface area contributed by atoms with Gasteiger partial charge in [-0.3, -0.25) is 10.1 Å². The monoisotopic (exact) mass is 192 g/mol. The highest BCUT2D eigenvalue weighted by Gasteiger charge is 2.24. The number of hydrogen-bond donors (Lipinski definition) is 0. The lowest BCUT2D eigenvalue weighted by Crippen LogP contribution is -2.02. The van der Waals surface area contributed by atoms with E-state index in [9.17, 15) is 23.5 Å². The van der Waals surface area contributed by atoms with Crippen LogP contribution in [0.1, 0.15) is 0 Å². The molecule has 0 saturated heterocycles. The van der Waals surface area contributed by atoms with Gasteiger partial charge < -0.3 is 0 Å². The fourth-order valence-electron chi connectivity index (χ4n) is 0.821. The van der Waals surface area contributed by atoms with E-state index in [0.29, 0.717) is 0 Å². The van der Waals surface area contributed by atoms with E-state index >= 15 is 0 Å². The second-order valence-corrected chi connectivity index (χ2v) is 2.10. The molecule has 0 aliphatic carbocycles. The van der Waals surface area contributed by atoms with Gasteiger partial charge >= 0.3 is 5.69 Å². The Morgan fingerprint density at radius 1 is 1.38 bits per heavy atom. The molecule has 70 valence electrons. The summed E-state index contributed by atoms with van der Waals surface area (Å²) in [5.74, 6) is -1.29. The minimum absolute atomic E-state index is 0.741. The van der Waals surface area contributed by atoms with E-state index in [0.717, 1.165) is 18.2 Å². The van der Waals surface area contributed by atoms with Crippen LogP contribution in [-0.2, 0) is 0 Å². The highest BCUT2D eigenvalue weighted by Crippen LogP contribution is 2.30. The molecular weight excluding hydrogens is 189 g/mol. The molecule has 0 heterocycles. The number of rotatable bonds is 2. The Balaban J connectivity index is 3.34. The Morgan fingerprint density at radius 3 is 2.38 bits per heavy atom. The van der Waals surface area contributed by atoms with Gasteiger partial charge in [-0.1, -0.05) is 15.0 Å². The standard InChI is InChI=1S/C6H3F3N2O2/c7-4-2-1-3-5(10(8)9)6(4)11(12)13/h1-3H. The van der Waals surface area contributed by atoms with Crippen LogP contribution in [-0.4, -0.2) is 4.92 Å². The number of nitro benzene ring substituents is 1. The molecule has 13 heavy (non-hydrogen) atoms. The van der Waals surface area contributed by atoms with E-state index in [1.54, 1.807) is 0 Å². The van der Waals surface area contributed by atoms with Crippen molar-refractivity contribution >= 4 is 11.4 Å². The second kappa shape index (κ2) is 3.30. The van der Waals surface area contributed by atoms with E-state index in [2.05, 4.69) is 0 Å². The predicted molar refractivity (Wildman–Crippen MR) is 37.7 cm³/mol. The van der Waals surface area contributed by atoms with Crippen LogP contribution in [0.2, 0.25) is 0 Å². The van der Waals surface area contributed by atoms with Gasteiger partial charge in [-0.05, 0) is 17.5 Å². The van der Waals surface area contributed by atoms with Crippen LogP contribution in [0.5, 0.6) is 0 Å². The van der Waals surface area contributed by atoms with Crippen molar-refractivity contribution in [3.8, 4) is 0 Å². The smallest absolute Gasteiger partial charge is 0.258 e. The Kier molecular flexibility index (Phi) is 2.36. The first-order valence-corrected chi connectivity index (χ1v) is 3.08. The third-order valence-corrected chi connectivity index (χ3v) is 1.33. The number of para-hydroxylation sites is 1. The van der Waals surface area contributed by atoms with Crippen molar-refractivity contribution in [1.29, 1.82) is 0 Å². The first-order chi connectivity index (χ1) is 6.04. The van der Waals surface area contributed by atoms with E-state index in [-0.39, 0.29) is 0 Å². The minimum Gasteiger partial charge on any atom is -0.258 e. The Labute approximate surface area is 70.2 Å². The lowest BCUT2D eigenvalue weighted by molar-refractivity contribution is -0.387. The zero-order valence-corrected chi connectivity index (χ0v) is 6.08. The van der Waals surface area contributed by atoms with Gasteiger partial charge in [0.15, 0.2) is 5.69 Å². The van der Waals surface area contributed by atoms with Crippen LogP contribution in [0.25, 0.3) is 0 Å². The van der Waals surface area contributed by atoms with Crippen molar-refractivity contribution in [3.63, 3.8) is 0 Å². The molecule has 0 aliphatic rings. The number of hydrogen-bond acceptors (Lipinski definition) is 3. The average Bonchev–Trinajstić information content (AvgIpc) is 2.02. The van der Waals surface area contributed by atoms with Gasteiger partial charge in [0.05, 0.1) is 4.92 Å². The molecule has 0 aromatic heterocycles. The van der Waals surface area contributed by atoms with Crippen LogP contribution in [0.15, 0.2) is 18.2 Å². The van der Waals surface area contributed by atoms with Crippen molar-refractivity contribution in [2.24, 2.45) is 0 Å². The predicted octanol–water partition coefficient (Wildman–Crippen LogP) is 2.31. The van der Waals surface area contributed by atoms with Crippen molar-refractivity contribution in [1.82, 2.24) is 0 Å². The van der Waals surface area contributed by atoms with E-state index in [1.165, 1.54) is 0 Å². The number of anilines is 1. The number of benzene rings is 1. The summed E-state index contributed by atoms with van der Waals surface area (Å²) in [6, 6.07) is 2.45. The van der Waals surface area contributed by atoms with Crippen molar-refractivity contribution in [2.45, 2.75) is 0 Å². The molecular formula is C6H3F3N2O2. The summed E-state index contributed by atoms with van der Waals surface area (Å²) in [5, 5.41) is 8.65. The van der Waals surface area contributed by atoms with Crippen LogP contribution < -0.4 is 5.34 Å². The maximum atomic E-state index is 12.7. The number of nitrogens with zero attached hydrogens (tertiary/aromatic N) is 2. The summed E-state index contributed by atoms with van der Waals surface area (Å²) in [6.07, 6.45) is 0. The minimum atomic E-state index is -1.50. The molecule has 0 N–H and O–H groups in total. The zero-order chi connectivity index (χ0) is 10.0. The number of nitro groups is 1. The summed E-state index contributed by atoms with van der Waals surface area (Å²) < 4.78 is 36.5. The SMILES string of the molecule is O=[N+]([O-])c1c(F)cccc1N(F)F. The summed E-state index contributed by atoms with van der Waals surface area (Å²) in [4.78, 5) is 8.96. The molecule has 0 saturated carbocycles. The first kappa shape index (κ1) is 9.30. The van der Waals surface area contributed by atoms with Gasteiger partial charge in [0.2, 0.25) is 5.82 Å². The first-order valence-electron chi connectivity index (χ1n) is 3.08. The Bertz CT molecular complexity index is 343. The van der Waals surface area contributed by atoms with E-state index < -0.39 is 27.5 Å². The topological polar surface area (TPSA) is 46.4 Å². The molecule has 0 radical (unpaired) electrons. The van der Waals surface area contributed by atoms with Gasteiger partial charge in [0.1, 0.15) is 0 Å². The summed E-state index contributed by atoms with van der Waals surface area (Å²) >= 11 is 0. The molecule has 0 amide bonds. The molecule has 0 bridgehead atoms. The van der Waals surface area contributed by atoms with Gasteiger partial charge in [0.25, 0.3) is 0 Å². The van der Waals surface area contributed by atoms with Crippen LogP contribution in [0.3, 0.4) is 0 Å². The third-order valence-electron chi connectivity index (χ3n) is 1.33. The maximum Gasteiger partial charge on any atom is 0.333 e. The molecule has 7 heteroatoms. The maximum absolute atomic E-state index is 12.7. The zero-order valence-electron chi connectivity index (χ0n) is 6.08. The quantitative estimate of drug-likeness (QED) is 0.410. The molecule has 0 aliphatic heterocycles. The lowest BCUT2D eigenvalue weighted by Gasteiger charge is -2.02. The van der Waals surface area contributed by atoms with E-state index in [4.69, 9.17) is 0 Å². The molecule has 0 spiro atoms. The van der Waals surface area contributed by atoms with Crippen LogP contribution >= 0.6 is 0 Å². The fraction of sp³-hybridized carbons (Fsp3) is 0. The van der Waals surface area contributed by atoms with Crippen LogP contribution in [0, 0.1) is 15.9 Å². The van der Waals surface area contributed by atoms with Gasteiger partial charge in [-0.25, -0.2) is 0 Å². The Hall–Kier alpha value is -1.79. The number of halogens is 3. The van der Waals surface area contributed by atoms with Gasteiger partial charge in [0, 0.05) is 0 Å². The van der Waals surface area contributed by atoms with E-state index in [1.807, 2.05) is 0 Å². The summed E-state index contributed by atoms with van der Waals surface area (Å²) in [6.45, 7) is 0. The van der Waals surface area contributed by atoms with Crippen molar-refractivity contribution < 1.29 is 18.3 Å². The largest absolute Gasteiger partial charge is 0.333 e. The molecule has 0 atom stereocenters. The normalized spacial score (nSPS) is 9.77. The Morgan fingerprint density at radius 2 is 2.00 bits per heavy atom. The lowest BCUT2D eigenvalue weighted by atomic mass is 10.2. The third kappa shape index (κ3) is 1.68. The van der Waals surface area contributed by atoms with Crippen molar-refractivity contribution in [2.75, 3.05) is 5.34 Å². The molecule has 1 rings (SSSR count). The average molecular weight is 192 g/mol. The van der Waals surface area contributed by atoms with Crippen LogP contribution in [0.4, 0.5) is 24.7 Å². The summed E-state index contributed by atoms with van der Waals surface area (Å²) in [5.41, 5.74) is -2.29. The summed E-state index contributed by atoms with van der Waals surface area (Å²) in [7, 11) is 0. The second-order valence-electron chi connectivity index (χ2n) is 2.10. The fourth-order valence-corrected chi connectivity index (χ4v) is 0.821. The molecule has 0 unspecified atom stereocenters. The van der Waals surface area contributed by atoms with Gasteiger partial charge in [-0.2, -0.15) is 4.39 Å². The van der Waals surface area contributed by atoms with Crippen molar-refractivity contribution in [3.05, 3.63) is 34.1 Å². The highest BCUT2D eigenvalue weighted by molar-refractivity contribution is 5.60. The highest BCUT2D eigenvalue weighted by atomic mass is 19.4. The van der Waals surface area contributed by atoms with Gasteiger partial charge in [-0.15, -0.1) is 0 Å².